The lowest BCUT2D eigenvalue weighted by atomic mass is 10.1. The molecule has 0 fully saturated rings. The summed E-state index contributed by atoms with van der Waals surface area (Å²) in [5.74, 6) is -0.266. The van der Waals surface area contributed by atoms with E-state index >= 15 is 0 Å². The number of para-hydroxylation sites is 1. The summed E-state index contributed by atoms with van der Waals surface area (Å²) in [5.41, 5.74) is 5.45. The molecule has 2 aromatic carbocycles. The number of carbonyl (C=O) groups is 1. The van der Waals surface area contributed by atoms with Crippen molar-refractivity contribution >= 4 is 28.2 Å². The Labute approximate surface area is 205 Å². The molecule has 4 rings (SSSR count). The lowest BCUT2D eigenvalue weighted by Crippen LogP contribution is -2.28. The highest BCUT2D eigenvalue weighted by molar-refractivity contribution is 6.01. The molecule has 0 aliphatic heterocycles. The molecule has 0 saturated carbocycles. The number of likely N-dealkylation sites (N-methyl/N-ethyl adjacent to an activating group) is 2. The summed E-state index contributed by atoms with van der Waals surface area (Å²) in [5, 5.41) is 7.16. The van der Waals surface area contributed by atoms with Crippen LogP contribution >= 0.6 is 0 Å². The molecule has 2 heterocycles. The number of rotatable bonds is 10. The molecule has 0 aliphatic carbocycles. The second-order valence-corrected chi connectivity index (χ2v) is 8.25. The number of benzene rings is 2. The van der Waals surface area contributed by atoms with Gasteiger partial charge in [-0.05, 0) is 43.0 Å². The number of aryl methyl sites for hydroxylation is 1. The largest absolute Gasteiger partial charge is 0.459 e. The highest BCUT2D eigenvalue weighted by Crippen LogP contribution is 2.30. The molecule has 35 heavy (non-hydrogen) atoms. The first-order valence-electron chi connectivity index (χ1n) is 11.4. The molecule has 2 N–H and O–H groups in total. The third-order valence-electron chi connectivity index (χ3n) is 5.79. The standard InChI is InChI=1S/C27H30N6O2/c1-5-26(34)30-23-16-19(10-11-25(23)32(3)15-14-28-2)18-35-27-29-13-12-22(31-27)21-17-33(4)24-9-7-6-8-20(21)24/h5-13,16-17,28H,1,14-15,18H2,2-4H3,(H,30,34). The Morgan fingerprint density at radius 2 is 2.06 bits per heavy atom. The molecule has 0 bridgehead atoms. The van der Waals surface area contributed by atoms with Gasteiger partial charge < -0.3 is 24.8 Å². The van der Waals surface area contributed by atoms with Gasteiger partial charge in [0.25, 0.3) is 0 Å². The van der Waals surface area contributed by atoms with Crippen LogP contribution in [0.15, 0.2) is 73.6 Å². The van der Waals surface area contributed by atoms with E-state index in [1.54, 1.807) is 6.20 Å². The zero-order valence-corrected chi connectivity index (χ0v) is 20.3. The van der Waals surface area contributed by atoms with Crippen LogP contribution in [0.1, 0.15) is 5.56 Å². The fourth-order valence-corrected chi connectivity index (χ4v) is 3.94. The summed E-state index contributed by atoms with van der Waals surface area (Å²) in [7, 11) is 5.91. The topological polar surface area (TPSA) is 84.3 Å². The minimum atomic E-state index is -0.266. The number of nitrogens with zero attached hydrogens (tertiary/aromatic N) is 4. The van der Waals surface area contributed by atoms with E-state index in [2.05, 4.69) is 55.0 Å². The molecule has 0 saturated heterocycles. The molecule has 1 amide bonds. The molecule has 4 aromatic rings. The first-order valence-corrected chi connectivity index (χ1v) is 11.4. The minimum Gasteiger partial charge on any atom is -0.459 e. The molecular formula is C27H30N6O2. The number of carbonyl (C=O) groups excluding carboxylic acids is 1. The fourth-order valence-electron chi connectivity index (χ4n) is 3.94. The highest BCUT2D eigenvalue weighted by atomic mass is 16.5. The Balaban J connectivity index is 1.54. The van der Waals surface area contributed by atoms with Gasteiger partial charge in [0.1, 0.15) is 6.61 Å². The Morgan fingerprint density at radius 3 is 2.86 bits per heavy atom. The summed E-state index contributed by atoms with van der Waals surface area (Å²) >= 11 is 0. The summed E-state index contributed by atoms with van der Waals surface area (Å²) in [6.45, 7) is 5.42. The maximum atomic E-state index is 12.0. The lowest BCUT2D eigenvalue weighted by molar-refractivity contribution is -0.111. The van der Waals surface area contributed by atoms with Gasteiger partial charge in [-0.1, -0.05) is 30.8 Å². The van der Waals surface area contributed by atoms with Crippen LogP contribution in [-0.2, 0) is 18.4 Å². The number of aromatic nitrogens is 3. The van der Waals surface area contributed by atoms with Crippen LogP contribution in [0.5, 0.6) is 6.01 Å². The molecule has 0 spiro atoms. The van der Waals surface area contributed by atoms with E-state index in [1.807, 2.05) is 57.5 Å². The van der Waals surface area contributed by atoms with Crippen molar-refractivity contribution in [3.63, 3.8) is 0 Å². The van der Waals surface area contributed by atoms with E-state index in [4.69, 9.17) is 4.74 Å². The zero-order chi connectivity index (χ0) is 24.8. The molecule has 180 valence electrons. The van der Waals surface area contributed by atoms with Crippen molar-refractivity contribution in [3.05, 3.63) is 79.1 Å². The predicted molar refractivity (Wildman–Crippen MR) is 141 cm³/mol. The number of anilines is 2. The van der Waals surface area contributed by atoms with Crippen molar-refractivity contribution in [1.82, 2.24) is 19.9 Å². The minimum absolute atomic E-state index is 0.260. The second kappa shape index (κ2) is 10.8. The quantitative estimate of drug-likeness (QED) is 0.341. The van der Waals surface area contributed by atoms with Crippen LogP contribution < -0.4 is 20.3 Å². The van der Waals surface area contributed by atoms with Gasteiger partial charge in [0.15, 0.2) is 0 Å². The van der Waals surface area contributed by atoms with Crippen molar-refractivity contribution in [1.29, 1.82) is 0 Å². The fraction of sp³-hybridized carbons (Fsp3) is 0.222. The van der Waals surface area contributed by atoms with Crippen LogP contribution in [0, 0.1) is 0 Å². The number of nitrogens with one attached hydrogen (secondary N) is 2. The first-order chi connectivity index (χ1) is 17.0. The van der Waals surface area contributed by atoms with Gasteiger partial charge in [0, 0.05) is 56.0 Å². The SMILES string of the molecule is C=CC(=O)Nc1cc(COc2nccc(-c3cn(C)c4ccccc34)n2)ccc1N(C)CCNC. The number of hydrogen-bond donors (Lipinski definition) is 2. The number of ether oxygens (including phenoxy) is 1. The third-order valence-corrected chi connectivity index (χ3v) is 5.79. The van der Waals surface area contributed by atoms with E-state index in [0.717, 1.165) is 46.5 Å². The lowest BCUT2D eigenvalue weighted by Gasteiger charge is -2.23. The van der Waals surface area contributed by atoms with Crippen molar-refractivity contribution in [3.8, 4) is 17.3 Å². The van der Waals surface area contributed by atoms with Gasteiger partial charge in [-0.2, -0.15) is 4.98 Å². The van der Waals surface area contributed by atoms with E-state index in [-0.39, 0.29) is 12.5 Å². The van der Waals surface area contributed by atoms with Gasteiger partial charge in [-0.25, -0.2) is 4.98 Å². The molecule has 8 nitrogen and oxygen atoms in total. The molecule has 0 atom stereocenters. The van der Waals surface area contributed by atoms with Gasteiger partial charge in [0.05, 0.1) is 17.1 Å². The van der Waals surface area contributed by atoms with E-state index in [1.165, 1.54) is 6.08 Å². The maximum Gasteiger partial charge on any atom is 0.317 e. The van der Waals surface area contributed by atoms with E-state index < -0.39 is 0 Å². The Bertz CT molecular complexity index is 1350. The van der Waals surface area contributed by atoms with Gasteiger partial charge in [-0.15, -0.1) is 0 Å². The molecule has 8 heteroatoms. The predicted octanol–water partition coefficient (Wildman–Crippen LogP) is 3.99. The second-order valence-electron chi connectivity index (χ2n) is 8.25. The van der Waals surface area contributed by atoms with Crippen LogP contribution in [0.3, 0.4) is 0 Å². The van der Waals surface area contributed by atoms with E-state index in [0.29, 0.717) is 11.7 Å². The summed E-state index contributed by atoms with van der Waals surface area (Å²) < 4.78 is 8.02. The van der Waals surface area contributed by atoms with Crippen LogP contribution in [0.2, 0.25) is 0 Å². The molecule has 0 radical (unpaired) electrons. The van der Waals surface area contributed by atoms with Crippen molar-refractivity contribution < 1.29 is 9.53 Å². The Hall–Kier alpha value is -4.17. The summed E-state index contributed by atoms with van der Waals surface area (Å²) in [4.78, 5) is 23.0. The highest BCUT2D eigenvalue weighted by Gasteiger charge is 2.13. The van der Waals surface area contributed by atoms with Crippen LogP contribution in [-0.4, -0.2) is 47.6 Å². The number of hydrogen-bond acceptors (Lipinski definition) is 6. The molecule has 0 aliphatic rings. The van der Waals surface area contributed by atoms with Crippen LogP contribution in [0.25, 0.3) is 22.2 Å². The van der Waals surface area contributed by atoms with Crippen molar-refractivity contribution in [2.24, 2.45) is 7.05 Å². The van der Waals surface area contributed by atoms with Crippen molar-refractivity contribution in [2.75, 3.05) is 37.4 Å². The average molecular weight is 471 g/mol. The summed E-state index contributed by atoms with van der Waals surface area (Å²) in [6.07, 6.45) is 5.02. The zero-order valence-electron chi connectivity index (χ0n) is 20.3. The molecule has 0 unspecified atom stereocenters. The molecular weight excluding hydrogens is 440 g/mol. The Kier molecular flexibility index (Phi) is 7.42. The monoisotopic (exact) mass is 470 g/mol. The average Bonchev–Trinajstić information content (AvgIpc) is 3.23. The maximum absolute atomic E-state index is 12.0. The van der Waals surface area contributed by atoms with Gasteiger partial charge >= 0.3 is 6.01 Å². The van der Waals surface area contributed by atoms with Gasteiger partial charge in [0.2, 0.25) is 5.91 Å². The summed E-state index contributed by atoms with van der Waals surface area (Å²) in [6, 6.07) is 16.2. The number of amides is 1. The number of fused-ring (bicyclic) bond motifs is 1. The molecule has 2 aromatic heterocycles. The Morgan fingerprint density at radius 1 is 1.23 bits per heavy atom. The first kappa shape index (κ1) is 24.0. The van der Waals surface area contributed by atoms with Gasteiger partial charge in [-0.3, -0.25) is 4.79 Å². The van der Waals surface area contributed by atoms with E-state index in [9.17, 15) is 4.79 Å². The van der Waals surface area contributed by atoms with Crippen LogP contribution in [0.4, 0.5) is 11.4 Å². The smallest absolute Gasteiger partial charge is 0.317 e. The van der Waals surface area contributed by atoms with Crippen molar-refractivity contribution in [2.45, 2.75) is 6.61 Å². The normalized spacial score (nSPS) is 10.8. The third kappa shape index (κ3) is 5.50.